The topological polar surface area (TPSA) is 55.8 Å². The van der Waals surface area contributed by atoms with Gasteiger partial charge in [-0.2, -0.15) is 0 Å². The molecule has 3 aliphatic carbocycles. The Kier molecular flexibility index (Phi) is 5.98. The van der Waals surface area contributed by atoms with Crippen molar-refractivity contribution in [2.75, 3.05) is 27.3 Å². The number of methoxy groups -OCH3 is 2. The van der Waals surface area contributed by atoms with Crippen LogP contribution >= 0.6 is 15.9 Å². The normalized spacial score (nSPS) is 26.9. The highest BCUT2D eigenvalue weighted by atomic mass is 79.9. The lowest BCUT2D eigenvalue weighted by Crippen LogP contribution is -2.60. The molecule has 0 radical (unpaired) electrons. The van der Waals surface area contributed by atoms with E-state index >= 15 is 0 Å². The molecule has 1 heterocycles. The van der Waals surface area contributed by atoms with Crippen molar-refractivity contribution in [1.82, 2.24) is 4.90 Å². The van der Waals surface area contributed by atoms with Crippen LogP contribution in [0.15, 0.2) is 83.8 Å². The van der Waals surface area contributed by atoms with Gasteiger partial charge in [0.25, 0.3) is 5.91 Å². The Labute approximate surface area is 231 Å². The van der Waals surface area contributed by atoms with Crippen LogP contribution in [0.1, 0.15) is 41.0 Å². The van der Waals surface area contributed by atoms with E-state index in [-0.39, 0.29) is 23.7 Å². The monoisotopic (exact) mass is 571 g/mol. The van der Waals surface area contributed by atoms with Crippen molar-refractivity contribution in [2.45, 2.75) is 24.2 Å². The van der Waals surface area contributed by atoms with E-state index < -0.39 is 10.8 Å². The zero-order valence-corrected chi connectivity index (χ0v) is 23.2. The molecule has 0 N–H and O–H groups in total. The Morgan fingerprint density at radius 1 is 1.00 bits per heavy atom. The van der Waals surface area contributed by atoms with Crippen LogP contribution in [-0.4, -0.2) is 44.1 Å². The number of carbonyl (C=O) groups is 2. The first kappa shape index (κ1) is 24.9. The molecule has 5 nitrogen and oxygen atoms in total. The molecule has 2 fully saturated rings. The van der Waals surface area contributed by atoms with Gasteiger partial charge in [0, 0.05) is 45.9 Å². The second-order valence-corrected chi connectivity index (χ2v) is 11.5. The summed E-state index contributed by atoms with van der Waals surface area (Å²) in [7, 11) is 3.05. The molecular weight excluding hydrogens is 542 g/mol. The SMILES string of the molecule is C=C(C(=O)N1CC2C3(c4ccc(Br)cc4)CCC(c4ccccc43)C2(C(=O)OC)C1)c1ccccc1OC. The second kappa shape index (κ2) is 9.12. The molecule has 194 valence electrons. The second-order valence-electron chi connectivity index (χ2n) is 10.6. The number of fused-ring (bicyclic) bond motifs is 1. The highest BCUT2D eigenvalue weighted by Crippen LogP contribution is 2.69. The minimum Gasteiger partial charge on any atom is -0.496 e. The lowest BCUT2D eigenvalue weighted by atomic mass is 9.42. The Bertz CT molecular complexity index is 1450. The first-order valence-corrected chi connectivity index (χ1v) is 13.7. The number of hydrogen-bond donors (Lipinski definition) is 0. The van der Waals surface area contributed by atoms with Crippen LogP contribution in [0.3, 0.4) is 0 Å². The fraction of sp³-hybridized carbons (Fsp3) is 0.312. The third-order valence-corrected chi connectivity index (χ3v) is 9.77. The van der Waals surface area contributed by atoms with Crippen molar-refractivity contribution in [3.05, 3.63) is 106 Å². The molecule has 4 aliphatic rings. The molecule has 4 unspecified atom stereocenters. The van der Waals surface area contributed by atoms with Crippen LogP contribution < -0.4 is 4.74 Å². The molecule has 4 atom stereocenters. The quantitative estimate of drug-likeness (QED) is 0.280. The van der Waals surface area contributed by atoms with Crippen LogP contribution in [0.5, 0.6) is 5.75 Å². The number of nitrogens with zero attached hydrogens (tertiary/aromatic N) is 1. The van der Waals surface area contributed by atoms with Crippen molar-refractivity contribution in [1.29, 1.82) is 0 Å². The number of ether oxygens (including phenoxy) is 2. The van der Waals surface area contributed by atoms with Gasteiger partial charge >= 0.3 is 5.97 Å². The summed E-state index contributed by atoms with van der Waals surface area (Å²) in [5.74, 6) is 0.0319. The summed E-state index contributed by atoms with van der Waals surface area (Å²) in [6, 6.07) is 24.4. The van der Waals surface area contributed by atoms with Crippen molar-refractivity contribution in [2.24, 2.45) is 11.3 Å². The van der Waals surface area contributed by atoms with E-state index in [1.54, 1.807) is 7.11 Å². The summed E-state index contributed by atoms with van der Waals surface area (Å²) in [6.07, 6.45) is 1.77. The lowest BCUT2D eigenvalue weighted by Gasteiger charge is -2.59. The van der Waals surface area contributed by atoms with Gasteiger partial charge in [-0.25, -0.2) is 0 Å². The number of rotatable bonds is 5. The molecule has 1 saturated heterocycles. The predicted molar refractivity (Wildman–Crippen MR) is 150 cm³/mol. The van der Waals surface area contributed by atoms with Gasteiger partial charge in [-0.1, -0.05) is 77.1 Å². The summed E-state index contributed by atoms with van der Waals surface area (Å²) >= 11 is 3.58. The number of likely N-dealkylation sites (tertiary alicyclic amines) is 1. The van der Waals surface area contributed by atoms with Crippen molar-refractivity contribution in [3.8, 4) is 5.75 Å². The standard InChI is InChI=1S/C32H30BrNO4/c1-20(23-8-5-7-11-27(23)37-2)29(35)34-18-28-31(21-12-14-22(33)15-13-21)17-16-26(24-9-4-6-10-25(24)31)32(28,19-34)30(36)38-3/h4-15,26,28H,1,16-19H2,2-3H3. The number of hydrogen-bond acceptors (Lipinski definition) is 4. The largest absolute Gasteiger partial charge is 0.496 e. The molecule has 38 heavy (non-hydrogen) atoms. The van der Waals surface area contributed by atoms with Gasteiger partial charge in [-0.15, -0.1) is 0 Å². The summed E-state index contributed by atoms with van der Waals surface area (Å²) in [5.41, 5.74) is 3.40. The van der Waals surface area contributed by atoms with Crippen molar-refractivity contribution < 1.29 is 19.1 Å². The van der Waals surface area contributed by atoms with Gasteiger partial charge in [0.05, 0.1) is 19.6 Å². The van der Waals surface area contributed by atoms with Gasteiger partial charge in [0.15, 0.2) is 0 Å². The summed E-state index contributed by atoms with van der Waals surface area (Å²) in [5, 5.41) is 0. The third-order valence-electron chi connectivity index (χ3n) is 9.24. The number of carbonyl (C=O) groups excluding carboxylic acids is 2. The molecule has 3 aromatic carbocycles. The average Bonchev–Trinajstić information content (AvgIpc) is 3.40. The van der Waals surface area contributed by atoms with E-state index in [1.165, 1.54) is 23.8 Å². The third kappa shape index (κ3) is 3.29. The Morgan fingerprint density at radius 3 is 2.45 bits per heavy atom. The van der Waals surface area contributed by atoms with E-state index in [4.69, 9.17) is 9.47 Å². The van der Waals surface area contributed by atoms with Gasteiger partial charge in [0.1, 0.15) is 5.75 Å². The fourth-order valence-electron chi connectivity index (χ4n) is 7.73. The molecule has 3 aromatic rings. The fourth-order valence-corrected chi connectivity index (χ4v) is 8.00. The number of amides is 1. The number of para-hydroxylation sites is 1. The molecule has 0 spiro atoms. The smallest absolute Gasteiger partial charge is 0.314 e. The molecule has 1 saturated carbocycles. The molecule has 0 aromatic heterocycles. The van der Waals surface area contributed by atoms with E-state index in [2.05, 4.69) is 71.0 Å². The van der Waals surface area contributed by atoms with Crippen molar-refractivity contribution in [3.63, 3.8) is 0 Å². The molecular formula is C32H30BrNO4. The zero-order valence-electron chi connectivity index (χ0n) is 21.6. The Balaban J connectivity index is 1.51. The number of esters is 1. The van der Waals surface area contributed by atoms with Gasteiger partial charge in [-0.05, 0) is 47.7 Å². The highest BCUT2D eigenvalue weighted by Gasteiger charge is 2.71. The van der Waals surface area contributed by atoms with E-state index in [0.29, 0.717) is 30.0 Å². The maximum absolute atomic E-state index is 14.0. The first-order chi connectivity index (χ1) is 18.4. The van der Waals surface area contributed by atoms with E-state index in [1.807, 2.05) is 29.2 Å². The van der Waals surface area contributed by atoms with Crippen LogP contribution in [0, 0.1) is 11.3 Å². The summed E-state index contributed by atoms with van der Waals surface area (Å²) < 4.78 is 12.1. The minimum atomic E-state index is -0.842. The van der Waals surface area contributed by atoms with Crippen LogP contribution in [-0.2, 0) is 19.7 Å². The van der Waals surface area contributed by atoms with Gasteiger partial charge in [0.2, 0.25) is 0 Å². The minimum absolute atomic E-state index is 0.0224. The first-order valence-electron chi connectivity index (χ1n) is 12.9. The predicted octanol–water partition coefficient (Wildman–Crippen LogP) is 5.97. The number of benzene rings is 3. The van der Waals surface area contributed by atoms with Crippen molar-refractivity contribution >= 4 is 33.4 Å². The maximum atomic E-state index is 14.0. The van der Waals surface area contributed by atoms with Crippen LogP contribution in [0.4, 0.5) is 0 Å². The van der Waals surface area contributed by atoms with Gasteiger partial charge in [-0.3, -0.25) is 9.59 Å². The summed E-state index contributed by atoms with van der Waals surface area (Å²) in [6.45, 7) is 4.92. The highest BCUT2D eigenvalue weighted by molar-refractivity contribution is 9.10. The molecule has 1 aliphatic heterocycles. The molecule has 6 heteroatoms. The van der Waals surface area contributed by atoms with Crippen LogP contribution in [0.2, 0.25) is 0 Å². The molecule has 1 amide bonds. The lowest BCUT2D eigenvalue weighted by molar-refractivity contribution is -0.161. The van der Waals surface area contributed by atoms with Crippen LogP contribution in [0.25, 0.3) is 5.57 Å². The number of halogens is 1. The maximum Gasteiger partial charge on any atom is 0.314 e. The molecule has 7 rings (SSSR count). The van der Waals surface area contributed by atoms with E-state index in [0.717, 1.165) is 17.3 Å². The van der Waals surface area contributed by atoms with Gasteiger partial charge < -0.3 is 14.4 Å². The Morgan fingerprint density at radius 2 is 1.71 bits per heavy atom. The Hall–Kier alpha value is -3.38. The van der Waals surface area contributed by atoms with E-state index in [9.17, 15) is 9.59 Å². The average molecular weight is 572 g/mol. The summed E-state index contributed by atoms with van der Waals surface area (Å²) in [4.78, 5) is 29.7. The zero-order chi connectivity index (χ0) is 26.7. The molecule has 2 bridgehead atoms.